The van der Waals surface area contributed by atoms with Gasteiger partial charge in [0.15, 0.2) is 0 Å². The van der Waals surface area contributed by atoms with Crippen LogP contribution in [0.4, 0.5) is 5.82 Å². The van der Waals surface area contributed by atoms with Gasteiger partial charge >= 0.3 is 0 Å². The number of aromatic nitrogens is 1. The fraction of sp³-hybridized carbons (Fsp3) is 0.643. The zero-order chi connectivity index (χ0) is 12.1. The maximum absolute atomic E-state index is 4.47. The van der Waals surface area contributed by atoms with Crippen molar-refractivity contribution in [2.75, 3.05) is 18.4 Å². The van der Waals surface area contributed by atoms with Crippen LogP contribution >= 0.6 is 0 Å². The summed E-state index contributed by atoms with van der Waals surface area (Å²) in [6, 6.07) is 4.79. The molecule has 1 aromatic heterocycles. The van der Waals surface area contributed by atoms with Crippen molar-refractivity contribution in [3.8, 4) is 0 Å². The third kappa shape index (κ3) is 3.70. The van der Waals surface area contributed by atoms with Crippen molar-refractivity contribution in [1.82, 2.24) is 10.3 Å². The van der Waals surface area contributed by atoms with Crippen molar-refractivity contribution in [3.63, 3.8) is 0 Å². The summed E-state index contributed by atoms with van der Waals surface area (Å²) in [5, 5.41) is 6.89. The normalized spacial score (nSPS) is 20.5. The molecule has 1 fully saturated rings. The predicted molar refractivity (Wildman–Crippen MR) is 72.2 cm³/mol. The minimum absolute atomic E-state index is 0.510. The van der Waals surface area contributed by atoms with Gasteiger partial charge in [-0.1, -0.05) is 26.3 Å². The van der Waals surface area contributed by atoms with Gasteiger partial charge < -0.3 is 10.6 Å². The second-order valence-corrected chi connectivity index (χ2v) is 5.25. The van der Waals surface area contributed by atoms with Crippen LogP contribution in [0.25, 0.3) is 0 Å². The van der Waals surface area contributed by atoms with E-state index in [1.807, 2.05) is 6.20 Å². The van der Waals surface area contributed by atoms with Crippen LogP contribution in [0.15, 0.2) is 18.3 Å². The first-order valence-electron chi connectivity index (χ1n) is 6.69. The standard InChI is InChI=1S/C14H23N3/c1-11(2)9-16-14-7-6-12(10-17-14)13-5-3-4-8-15-13/h6-7,10-11,13,15H,3-5,8-9H2,1-2H3,(H,16,17)/t13-/m0/s1. The molecule has 0 saturated carbocycles. The second-order valence-electron chi connectivity index (χ2n) is 5.25. The smallest absolute Gasteiger partial charge is 0.125 e. The van der Waals surface area contributed by atoms with Crippen LogP contribution in [0.1, 0.15) is 44.7 Å². The van der Waals surface area contributed by atoms with Crippen LogP contribution in [0, 0.1) is 5.92 Å². The number of nitrogens with one attached hydrogen (secondary N) is 2. The Morgan fingerprint density at radius 2 is 2.29 bits per heavy atom. The summed E-state index contributed by atoms with van der Waals surface area (Å²) in [5.41, 5.74) is 1.32. The Labute approximate surface area is 104 Å². The fourth-order valence-corrected chi connectivity index (χ4v) is 2.16. The van der Waals surface area contributed by atoms with Gasteiger partial charge in [-0.25, -0.2) is 4.98 Å². The van der Waals surface area contributed by atoms with Crippen LogP contribution in [0.5, 0.6) is 0 Å². The predicted octanol–water partition coefficient (Wildman–Crippen LogP) is 2.96. The van der Waals surface area contributed by atoms with Crippen LogP contribution in [0.2, 0.25) is 0 Å². The topological polar surface area (TPSA) is 37.0 Å². The van der Waals surface area contributed by atoms with Gasteiger partial charge in [-0.2, -0.15) is 0 Å². The van der Waals surface area contributed by atoms with Gasteiger partial charge in [0.1, 0.15) is 5.82 Å². The fourth-order valence-electron chi connectivity index (χ4n) is 2.16. The average Bonchev–Trinajstić information content (AvgIpc) is 2.38. The maximum atomic E-state index is 4.47. The Hall–Kier alpha value is -1.09. The molecule has 2 rings (SSSR count). The lowest BCUT2D eigenvalue weighted by atomic mass is 9.99. The lowest BCUT2D eigenvalue weighted by Gasteiger charge is -2.23. The third-order valence-electron chi connectivity index (χ3n) is 3.19. The Balaban J connectivity index is 1.92. The molecule has 0 unspecified atom stereocenters. The molecule has 0 aliphatic carbocycles. The van der Waals surface area contributed by atoms with E-state index in [-0.39, 0.29) is 0 Å². The van der Waals surface area contributed by atoms with Crippen LogP contribution < -0.4 is 10.6 Å². The quantitative estimate of drug-likeness (QED) is 0.839. The highest BCUT2D eigenvalue weighted by Crippen LogP contribution is 2.22. The number of hydrogen-bond donors (Lipinski definition) is 2. The van der Waals surface area contributed by atoms with E-state index in [1.165, 1.54) is 24.8 Å². The van der Waals surface area contributed by atoms with E-state index in [0.717, 1.165) is 18.9 Å². The number of rotatable bonds is 4. The average molecular weight is 233 g/mol. The Morgan fingerprint density at radius 1 is 1.41 bits per heavy atom. The number of pyridine rings is 1. The number of hydrogen-bond acceptors (Lipinski definition) is 3. The SMILES string of the molecule is CC(C)CNc1ccc([C@@H]2CCCCN2)cn1. The summed E-state index contributed by atoms with van der Waals surface area (Å²) >= 11 is 0. The van der Waals surface area contributed by atoms with Crippen molar-refractivity contribution in [2.24, 2.45) is 5.92 Å². The summed E-state index contributed by atoms with van der Waals surface area (Å²) in [4.78, 5) is 4.47. The van der Waals surface area contributed by atoms with Crippen LogP contribution in [-0.2, 0) is 0 Å². The van der Waals surface area contributed by atoms with Crippen LogP contribution in [0.3, 0.4) is 0 Å². The highest BCUT2D eigenvalue weighted by molar-refractivity contribution is 5.36. The zero-order valence-corrected chi connectivity index (χ0v) is 10.9. The molecule has 94 valence electrons. The largest absolute Gasteiger partial charge is 0.370 e. The molecule has 0 spiro atoms. The summed E-state index contributed by atoms with van der Waals surface area (Å²) in [7, 11) is 0. The Morgan fingerprint density at radius 3 is 2.88 bits per heavy atom. The molecule has 0 bridgehead atoms. The highest BCUT2D eigenvalue weighted by Gasteiger charge is 2.14. The molecular formula is C14H23N3. The van der Waals surface area contributed by atoms with E-state index in [4.69, 9.17) is 0 Å². The van der Waals surface area contributed by atoms with Crippen molar-refractivity contribution in [2.45, 2.75) is 39.2 Å². The Kier molecular flexibility index (Phi) is 4.37. The molecule has 2 N–H and O–H groups in total. The van der Waals surface area contributed by atoms with Gasteiger partial charge in [-0.05, 0) is 36.9 Å². The minimum atomic E-state index is 0.510. The first-order valence-corrected chi connectivity index (χ1v) is 6.69. The van der Waals surface area contributed by atoms with E-state index in [9.17, 15) is 0 Å². The second kappa shape index (κ2) is 6.01. The van der Waals surface area contributed by atoms with Gasteiger partial charge in [0.25, 0.3) is 0 Å². The van der Waals surface area contributed by atoms with Gasteiger partial charge in [0.2, 0.25) is 0 Å². The molecule has 1 aromatic rings. The molecular weight excluding hydrogens is 210 g/mol. The van der Waals surface area contributed by atoms with Crippen molar-refractivity contribution >= 4 is 5.82 Å². The monoisotopic (exact) mass is 233 g/mol. The summed E-state index contributed by atoms with van der Waals surface area (Å²) < 4.78 is 0. The summed E-state index contributed by atoms with van der Waals surface area (Å²) in [6.07, 6.45) is 5.87. The first-order chi connectivity index (χ1) is 8.25. The molecule has 1 aliphatic heterocycles. The lowest BCUT2D eigenvalue weighted by molar-refractivity contribution is 0.411. The van der Waals surface area contributed by atoms with E-state index in [2.05, 4.69) is 41.6 Å². The molecule has 0 amide bonds. The van der Waals surface area contributed by atoms with Gasteiger partial charge in [0.05, 0.1) is 0 Å². The molecule has 1 saturated heterocycles. The molecule has 3 heteroatoms. The molecule has 17 heavy (non-hydrogen) atoms. The minimum Gasteiger partial charge on any atom is -0.370 e. The molecule has 3 nitrogen and oxygen atoms in total. The van der Waals surface area contributed by atoms with Gasteiger partial charge in [-0.3, -0.25) is 0 Å². The number of anilines is 1. The van der Waals surface area contributed by atoms with E-state index in [1.54, 1.807) is 0 Å². The maximum Gasteiger partial charge on any atom is 0.125 e. The summed E-state index contributed by atoms with van der Waals surface area (Å²) in [5.74, 6) is 1.63. The molecule has 1 atom stereocenters. The lowest BCUT2D eigenvalue weighted by Crippen LogP contribution is -2.26. The van der Waals surface area contributed by atoms with E-state index >= 15 is 0 Å². The van der Waals surface area contributed by atoms with E-state index < -0.39 is 0 Å². The summed E-state index contributed by atoms with van der Waals surface area (Å²) in [6.45, 7) is 6.52. The number of nitrogens with zero attached hydrogens (tertiary/aromatic N) is 1. The van der Waals surface area contributed by atoms with Gasteiger partial charge in [0, 0.05) is 18.8 Å². The third-order valence-corrected chi connectivity index (χ3v) is 3.19. The molecule has 0 radical (unpaired) electrons. The van der Waals surface area contributed by atoms with E-state index in [0.29, 0.717) is 12.0 Å². The Bertz CT molecular complexity index is 326. The van der Waals surface area contributed by atoms with Gasteiger partial charge in [-0.15, -0.1) is 0 Å². The zero-order valence-electron chi connectivity index (χ0n) is 10.9. The first kappa shape index (κ1) is 12.4. The highest BCUT2D eigenvalue weighted by atomic mass is 15.0. The molecule has 0 aromatic carbocycles. The number of piperidine rings is 1. The molecule has 1 aliphatic rings. The van der Waals surface area contributed by atoms with Crippen molar-refractivity contribution in [1.29, 1.82) is 0 Å². The van der Waals surface area contributed by atoms with Crippen LogP contribution in [-0.4, -0.2) is 18.1 Å². The van der Waals surface area contributed by atoms with Crippen molar-refractivity contribution < 1.29 is 0 Å². The molecule has 2 heterocycles. The van der Waals surface area contributed by atoms with Crippen molar-refractivity contribution in [3.05, 3.63) is 23.9 Å².